The number of phenolic OH excluding ortho intramolecular Hbond substituents is 1. The van der Waals surface area contributed by atoms with Crippen LogP contribution < -0.4 is 15.4 Å². The summed E-state index contributed by atoms with van der Waals surface area (Å²) in [6, 6.07) is 11.1. The van der Waals surface area contributed by atoms with Crippen LogP contribution in [0.4, 0.5) is 34.6 Å². The van der Waals surface area contributed by atoms with E-state index in [-0.39, 0.29) is 16.5 Å². The van der Waals surface area contributed by atoms with Gasteiger partial charge >= 0.3 is 16.4 Å². The molecule has 57 heavy (non-hydrogen) atoms. The Bertz CT molecular complexity index is 3020. The van der Waals surface area contributed by atoms with Crippen LogP contribution in [0.1, 0.15) is 0 Å². The smallest absolute Gasteiger partial charge is 0.397 e. The van der Waals surface area contributed by atoms with Crippen LogP contribution in [0.2, 0.25) is 0 Å². The van der Waals surface area contributed by atoms with E-state index in [4.69, 9.17) is 9.29 Å². The molecule has 5 rings (SSSR count). The number of rotatable bonds is 15. The van der Waals surface area contributed by atoms with E-state index < -0.39 is 123 Å². The molecule has 1 heterocycles. The van der Waals surface area contributed by atoms with Gasteiger partial charge in [-0.15, -0.1) is 10.2 Å². The fourth-order valence-corrected chi connectivity index (χ4v) is 8.16. The molecule has 24 nitrogen and oxygen atoms in total. The summed E-state index contributed by atoms with van der Waals surface area (Å²) in [5.41, 5.74) is -1.99. The molecule has 1 aromatic heterocycles. The van der Waals surface area contributed by atoms with Crippen molar-refractivity contribution in [1.82, 2.24) is 15.0 Å². The van der Waals surface area contributed by atoms with Crippen molar-refractivity contribution in [1.29, 1.82) is 0 Å². The Kier molecular flexibility index (Phi) is 11.8. The van der Waals surface area contributed by atoms with Gasteiger partial charge in [0.05, 0.1) is 34.9 Å². The highest BCUT2D eigenvalue weighted by atomic mass is 32.3. The maximum atomic E-state index is 12.8. The third-order valence-corrected chi connectivity index (χ3v) is 11.9. The summed E-state index contributed by atoms with van der Waals surface area (Å²) in [6.45, 7) is -0.898. The normalized spacial score (nSPS) is 12.9. The average molecular weight is 892 g/mol. The van der Waals surface area contributed by atoms with Gasteiger partial charge in [0.15, 0.2) is 15.6 Å². The SMILES string of the molecule is COc1nc(Nc2cccc(S(=O)(=O)CCOS(=O)(=O)O)c2)nc(Nc2cc(S(=O)(=O)O)cc3cc(S(=O)(=O)O)c(N=Nc4ccccc4S(=O)(=O)O)c(O)c23)n1. The van der Waals surface area contributed by atoms with Gasteiger partial charge in [-0.25, -0.2) is 12.6 Å². The third-order valence-electron chi connectivity index (χ3n) is 7.18. The molecule has 0 aliphatic heterocycles. The Morgan fingerprint density at radius 1 is 0.684 bits per heavy atom. The maximum Gasteiger partial charge on any atom is 0.397 e. The number of aromatic hydroxyl groups is 1. The first-order chi connectivity index (χ1) is 26.4. The third kappa shape index (κ3) is 10.5. The number of nitrogens with zero attached hydrogens (tertiary/aromatic N) is 5. The number of benzene rings is 4. The molecule has 0 bridgehead atoms. The number of nitrogens with one attached hydrogen (secondary N) is 2. The van der Waals surface area contributed by atoms with Crippen LogP contribution in [-0.2, 0) is 54.8 Å². The number of azo groups is 1. The Hall–Kier alpha value is -5.50. The first kappa shape index (κ1) is 42.6. The average Bonchev–Trinajstić information content (AvgIpc) is 3.09. The molecule has 0 amide bonds. The first-order valence-corrected chi connectivity index (χ1v) is 22.3. The first-order valence-electron chi connectivity index (χ1n) is 14.9. The van der Waals surface area contributed by atoms with E-state index in [2.05, 4.69) is 40.0 Å². The van der Waals surface area contributed by atoms with Crippen LogP contribution >= 0.6 is 0 Å². The van der Waals surface area contributed by atoms with Crippen molar-refractivity contribution in [3.8, 4) is 11.8 Å². The second-order valence-corrected chi connectivity index (χ2v) is 18.5. The van der Waals surface area contributed by atoms with E-state index in [1.54, 1.807) is 0 Å². The minimum Gasteiger partial charge on any atom is -0.505 e. The van der Waals surface area contributed by atoms with Crippen LogP contribution in [0.15, 0.2) is 96.5 Å². The lowest BCUT2D eigenvalue weighted by Gasteiger charge is -2.15. The molecule has 7 N–H and O–H groups in total. The number of hydrogen-bond donors (Lipinski definition) is 7. The van der Waals surface area contributed by atoms with Gasteiger partial charge in [0.1, 0.15) is 21.2 Å². The molecule has 0 saturated carbocycles. The van der Waals surface area contributed by atoms with Crippen molar-refractivity contribution in [2.45, 2.75) is 19.6 Å². The number of aromatic nitrogens is 3. The van der Waals surface area contributed by atoms with Gasteiger partial charge < -0.3 is 20.5 Å². The quantitative estimate of drug-likeness (QED) is 0.0586. The maximum absolute atomic E-state index is 12.8. The fourth-order valence-electron chi connectivity index (χ4n) is 4.81. The summed E-state index contributed by atoms with van der Waals surface area (Å²) >= 11 is 0. The predicted octanol–water partition coefficient (Wildman–Crippen LogP) is 2.97. The molecule has 0 spiro atoms. The summed E-state index contributed by atoms with van der Waals surface area (Å²) in [6.07, 6.45) is 0. The molecule has 0 aliphatic rings. The molecule has 0 aliphatic carbocycles. The van der Waals surface area contributed by atoms with Crippen molar-refractivity contribution in [2.75, 3.05) is 30.1 Å². The number of phenols is 1. The highest BCUT2D eigenvalue weighted by molar-refractivity contribution is 7.91. The molecular formula is C28H25N7O17S5. The molecule has 304 valence electrons. The number of ether oxygens (including phenoxy) is 1. The minimum atomic E-state index is -5.33. The van der Waals surface area contributed by atoms with Gasteiger partial charge in [0.2, 0.25) is 11.9 Å². The molecule has 0 unspecified atom stereocenters. The van der Waals surface area contributed by atoms with E-state index in [9.17, 15) is 60.9 Å². The lowest BCUT2D eigenvalue weighted by molar-refractivity contribution is 0.284. The van der Waals surface area contributed by atoms with Crippen molar-refractivity contribution >= 4 is 96.0 Å². The van der Waals surface area contributed by atoms with E-state index in [1.807, 2.05) is 0 Å². The second kappa shape index (κ2) is 15.8. The molecule has 0 atom stereocenters. The highest BCUT2D eigenvalue weighted by Crippen LogP contribution is 2.46. The largest absolute Gasteiger partial charge is 0.505 e. The topological polar surface area (TPSA) is 378 Å². The fraction of sp³-hybridized carbons (Fsp3) is 0.107. The second-order valence-electron chi connectivity index (χ2n) is 11.0. The lowest BCUT2D eigenvalue weighted by Crippen LogP contribution is -2.15. The van der Waals surface area contributed by atoms with Crippen molar-refractivity contribution in [3.05, 3.63) is 66.7 Å². The summed E-state index contributed by atoms with van der Waals surface area (Å²) in [4.78, 5) is 8.96. The molecule has 0 saturated heterocycles. The summed E-state index contributed by atoms with van der Waals surface area (Å²) in [5.74, 6) is -2.81. The zero-order valence-corrected chi connectivity index (χ0v) is 32.3. The van der Waals surface area contributed by atoms with Gasteiger partial charge in [-0.3, -0.25) is 18.2 Å². The van der Waals surface area contributed by atoms with Gasteiger partial charge in [-0.05, 0) is 53.9 Å². The number of anilines is 4. The van der Waals surface area contributed by atoms with Crippen molar-refractivity contribution in [3.63, 3.8) is 0 Å². The predicted molar refractivity (Wildman–Crippen MR) is 195 cm³/mol. The Labute approximate surface area is 322 Å². The van der Waals surface area contributed by atoms with Gasteiger partial charge in [-0.2, -0.15) is 48.6 Å². The number of hydrogen-bond acceptors (Lipinski definition) is 20. The van der Waals surface area contributed by atoms with Crippen LogP contribution in [0, 0.1) is 0 Å². The van der Waals surface area contributed by atoms with Crippen LogP contribution in [0.25, 0.3) is 10.8 Å². The van der Waals surface area contributed by atoms with Gasteiger partial charge in [-0.1, -0.05) is 18.2 Å². The highest BCUT2D eigenvalue weighted by Gasteiger charge is 2.27. The van der Waals surface area contributed by atoms with Crippen molar-refractivity contribution < 1.29 is 74.3 Å². The Morgan fingerprint density at radius 2 is 1.33 bits per heavy atom. The number of methoxy groups -OCH3 is 1. The van der Waals surface area contributed by atoms with Gasteiger partial charge in [0, 0.05) is 11.1 Å². The number of fused-ring (bicyclic) bond motifs is 1. The van der Waals surface area contributed by atoms with E-state index in [0.29, 0.717) is 6.07 Å². The molecule has 29 heteroatoms. The van der Waals surface area contributed by atoms with E-state index in [1.165, 1.54) is 30.3 Å². The van der Waals surface area contributed by atoms with Crippen LogP contribution in [-0.4, -0.2) is 99.8 Å². The standard InChI is InChI=1S/C28H25N7O17S5/c1-51-28-32-26(29-16-5-4-6-17(13-16)53(37,38)10-9-52-57(48,49)50)31-27(33-28)30-20-14-18(54(39,40)41)11-15-12-22(56(45,46)47)24(25(36)23(15)20)35-34-19-7-2-3-8-21(19)55(42,43)44/h2-8,11-14,36H,9-10H2,1H3,(H,39,40,41)(H,42,43,44)(H,45,46,47)(H,48,49,50)(H2,29,30,31,32,33). The Morgan fingerprint density at radius 3 is 1.95 bits per heavy atom. The lowest BCUT2D eigenvalue weighted by atomic mass is 10.1. The van der Waals surface area contributed by atoms with E-state index in [0.717, 1.165) is 37.4 Å². The summed E-state index contributed by atoms with van der Waals surface area (Å²) < 4.78 is 168. The Balaban J connectivity index is 1.63. The van der Waals surface area contributed by atoms with Crippen LogP contribution in [0.5, 0.6) is 11.8 Å². The zero-order chi connectivity index (χ0) is 42.1. The summed E-state index contributed by atoms with van der Waals surface area (Å²) in [7, 11) is -23.2. The molecule has 0 radical (unpaired) electrons. The molecular weight excluding hydrogens is 867 g/mol. The molecule has 0 fully saturated rings. The van der Waals surface area contributed by atoms with Crippen LogP contribution in [0.3, 0.4) is 0 Å². The number of sulfone groups is 1. The van der Waals surface area contributed by atoms with Gasteiger partial charge in [0.25, 0.3) is 30.4 Å². The summed E-state index contributed by atoms with van der Waals surface area (Å²) in [5, 5.41) is 23.0. The van der Waals surface area contributed by atoms with E-state index >= 15 is 0 Å². The zero-order valence-electron chi connectivity index (χ0n) is 28.2. The molecule has 5 aromatic rings. The van der Waals surface area contributed by atoms with Crippen molar-refractivity contribution in [2.24, 2.45) is 10.2 Å². The molecule has 4 aromatic carbocycles. The monoisotopic (exact) mass is 891 g/mol. The minimum absolute atomic E-state index is 0.0331.